The van der Waals surface area contributed by atoms with Gasteiger partial charge in [-0.25, -0.2) is 18.8 Å². The van der Waals surface area contributed by atoms with Gasteiger partial charge in [0.1, 0.15) is 18.2 Å². The summed E-state index contributed by atoms with van der Waals surface area (Å²) in [6.07, 6.45) is -5.86. The second-order valence-corrected chi connectivity index (χ2v) is 7.54. The molecule has 27 heavy (non-hydrogen) atoms. The minimum Gasteiger partial charge on any atom is -0.480 e. The van der Waals surface area contributed by atoms with E-state index < -0.39 is 62.2 Å². The summed E-state index contributed by atoms with van der Waals surface area (Å²) in [6, 6.07) is -1.40. The van der Waals surface area contributed by atoms with E-state index in [1.807, 2.05) is 10.1 Å². The fourth-order valence-electron chi connectivity index (χ4n) is 2.35. The van der Waals surface area contributed by atoms with E-state index >= 15 is 0 Å². The van der Waals surface area contributed by atoms with E-state index in [1.165, 1.54) is 6.92 Å². The van der Waals surface area contributed by atoms with E-state index in [0.29, 0.717) is 0 Å². The summed E-state index contributed by atoms with van der Waals surface area (Å²) in [5.74, 6) is -1.40. The van der Waals surface area contributed by atoms with Crippen molar-refractivity contribution >= 4 is 13.7 Å². The standard InChI is InChI=1S/C13H19FN3O9P/c1-5-3-17(13(22)15-10(5)19)11-8(14)9(18)7(26-11)4-25-27(23,24)16-6(2)12(20)21/h3,6-9,11,18H,4H2,1-2H3,(H,20,21)(H,15,19,22)(H2,16,23,24)/t6-,7-,8+,9?,11-/m0/s1. The highest BCUT2D eigenvalue weighted by Crippen LogP contribution is 2.40. The molecule has 1 saturated heterocycles. The van der Waals surface area contributed by atoms with E-state index in [0.717, 1.165) is 17.7 Å². The van der Waals surface area contributed by atoms with Gasteiger partial charge in [0.2, 0.25) is 0 Å². The number of carboxylic acids is 1. The number of carboxylic acid groups (broad SMARTS) is 1. The topological polar surface area (TPSA) is 180 Å². The van der Waals surface area contributed by atoms with Gasteiger partial charge in [-0.2, -0.15) is 0 Å². The molecule has 1 aliphatic rings. The zero-order valence-corrected chi connectivity index (χ0v) is 15.1. The van der Waals surface area contributed by atoms with E-state index in [2.05, 4.69) is 4.52 Å². The Morgan fingerprint density at radius 3 is 2.78 bits per heavy atom. The summed E-state index contributed by atoms with van der Waals surface area (Å²) < 4.78 is 36.8. The van der Waals surface area contributed by atoms with Crippen LogP contribution in [0.15, 0.2) is 15.8 Å². The number of halogens is 1. The van der Waals surface area contributed by atoms with Crippen LogP contribution in [0.3, 0.4) is 0 Å². The quantitative estimate of drug-likeness (QED) is 0.336. The molecule has 2 heterocycles. The number of H-pyrrole nitrogens is 1. The lowest BCUT2D eigenvalue weighted by atomic mass is 10.1. The Balaban J connectivity index is 2.10. The second kappa shape index (κ2) is 8.00. The number of nitrogens with one attached hydrogen (secondary N) is 2. The summed E-state index contributed by atoms with van der Waals surface area (Å²) in [6.45, 7) is 1.72. The number of ether oxygens (including phenoxy) is 1. The van der Waals surface area contributed by atoms with Crippen molar-refractivity contribution in [2.45, 2.75) is 44.5 Å². The molecular formula is C13H19FN3O9P. The van der Waals surface area contributed by atoms with Gasteiger partial charge < -0.3 is 19.8 Å². The van der Waals surface area contributed by atoms with Crippen molar-refractivity contribution in [1.29, 1.82) is 0 Å². The zero-order valence-electron chi connectivity index (χ0n) is 14.2. The van der Waals surface area contributed by atoms with Crippen LogP contribution in [0, 0.1) is 6.92 Å². The van der Waals surface area contributed by atoms with Crippen molar-refractivity contribution in [1.82, 2.24) is 14.6 Å². The molecule has 12 nitrogen and oxygen atoms in total. The predicted molar refractivity (Wildman–Crippen MR) is 86.9 cm³/mol. The molecule has 14 heteroatoms. The van der Waals surface area contributed by atoms with Gasteiger partial charge in [-0.3, -0.25) is 23.7 Å². The third-order valence-electron chi connectivity index (χ3n) is 3.85. The highest BCUT2D eigenvalue weighted by Gasteiger charge is 2.46. The maximum absolute atomic E-state index is 14.4. The molecule has 0 amide bonds. The van der Waals surface area contributed by atoms with E-state index in [9.17, 15) is 33.3 Å². The molecule has 152 valence electrons. The minimum atomic E-state index is -4.58. The van der Waals surface area contributed by atoms with Crippen molar-refractivity contribution in [2.24, 2.45) is 0 Å². The van der Waals surface area contributed by atoms with Gasteiger partial charge in [-0.1, -0.05) is 0 Å². The molecule has 0 bridgehead atoms. The lowest BCUT2D eigenvalue weighted by molar-refractivity contribution is -0.138. The molecule has 0 aliphatic carbocycles. The Hall–Kier alpha value is -1.89. The number of alkyl halides is 1. The van der Waals surface area contributed by atoms with Crippen LogP contribution in [0.4, 0.5) is 4.39 Å². The third kappa shape index (κ3) is 4.89. The summed E-state index contributed by atoms with van der Waals surface area (Å²) in [7, 11) is -4.58. The fraction of sp³-hybridized carbons (Fsp3) is 0.615. The minimum absolute atomic E-state index is 0.103. The molecule has 1 fully saturated rings. The van der Waals surface area contributed by atoms with Crippen LogP contribution < -0.4 is 16.3 Å². The van der Waals surface area contributed by atoms with Crippen LogP contribution in [-0.2, 0) is 18.6 Å². The Morgan fingerprint density at radius 1 is 1.56 bits per heavy atom. The van der Waals surface area contributed by atoms with Crippen LogP contribution >= 0.6 is 7.75 Å². The number of aryl methyl sites for hydroxylation is 1. The number of carbonyl (C=O) groups is 1. The highest BCUT2D eigenvalue weighted by molar-refractivity contribution is 7.50. The van der Waals surface area contributed by atoms with E-state index in [-0.39, 0.29) is 5.56 Å². The van der Waals surface area contributed by atoms with Crippen molar-refractivity contribution < 1.29 is 38.1 Å². The van der Waals surface area contributed by atoms with Crippen molar-refractivity contribution in [3.05, 3.63) is 32.6 Å². The van der Waals surface area contributed by atoms with Crippen LogP contribution in [-0.4, -0.2) is 61.7 Å². The Kier molecular flexibility index (Phi) is 6.35. The molecule has 0 saturated carbocycles. The summed E-state index contributed by atoms with van der Waals surface area (Å²) in [5.41, 5.74) is -1.52. The van der Waals surface area contributed by atoms with Gasteiger partial charge in [0.15, 0.2) is 12.4 Å². The van der Waals surface area contributed by atoms with Crippen LogP contribution in [0.2, 0.25) is 0 Å². The first-order valence-electron chi connectivity index (χ1n) is 7.70. The number of nitrogens with zero attached hydrogens (tertiary/aromatic N) is 1. The molecule has 0 radical (unpaired) electrons. The first-order valence-corrected chi connectivity index (χ1v) is 9.28. The molecule has 0 spiro atoms. The maximum atomic E-state index is 14.4. The SMILES string of the molecule is Cc1cn([C@H]2O[C@@H](COP(=O)(O)N[C@@H](C)C(=O)O)C(O)[C@H]2F)c(=O)[nH]c1=O. The molecule has 1 aromatic heterocycles. The van der Waals surface area contributed by atoms with Gasteiger partial charge in [0.05, 0.1) is 6.61 Å². The van der Waals surface area contributed by atoms with E-state index in [4.69, 9.17) is 9.84 Å². The van der Waals surface area contributed by atoms with Gasteiger partial charge in [0, 0.05) is 11.8 Å². The van der Waals surface area contributed by atoms with Crippen molar-refractivity contribution in [3.8, 4) is 0 Å². The van der Waals surface area contributed by atoms with Gasteiger partial charge in [-0.15, -0.1) is 0 Å². The Morgan fingerprint density at radius 2 is 2.19 bits per heavy atom. The van der Waals surface area contributed by atoms with Crippen LogP contribution in [0.25, 0.3) is 0 Å². The molecule has 1 aliphatic heterocycles. The lowest BCUT2D eigenvalue weighted by Crippen LogP contribution is -2.37. The number of rotatable bonds is 7. The number of aromatic amines is 1. The predicted octanol–water partition coefficient (Wildman–Crippen LogP) is -1.38. The summed E-state index contributed by atoms with van der Waals surface area (Å²) in [4.78, 5) is 45.5. The number of aromatic nitrogens is 2. The normalized spacial score (nSPS) is 28.6. The van der Waals surface area contributed by atoms with Gasteiger partial charge in [0.25, 0.3) is 5.56 Å². The Labute approximate surface area is 151 Å². The average molecular weight is 411 g/mol. The largest absolute Gasteiger partial charge is 0.480 e. The maximum Gasteiger partial charge on any atom is 0.403 e. The molecule has 2 unspecified atom stereocenters. The number of hydrogen-bond acceptors (Lipinski definition) is 7. The smallest absolute Gasteiger partial charge is 0.403 e. The second-order valence-electron chi connectivity index (χ2n) is 5.98. The summed E-state index contributed by atoms with van der Waals surface area (Å²) in [5, 5.41) is 20.5. The Bertz CT molecular complexity index is 871. The average Bonchev–Trinajstić information content (AvgIpc) is 2.84. The number of aliphatic hydroxyl groups is 1. The number of aliphatic hydroxyl groups excluding tert-OH is 1. The van der Waals surface area contributed by atoms with Crippen molar-refractivity contribution in [2.75, 3.05) is 6.61 Å². The van der Waals surface area contributed by atoms with Crippen molar-refractivity contribution in [3.63, 3.8) is 0 Å². The van der Waals surface area contributed by atoms with Gasteiger partial charge in [-0.05, 0) is 13.8 Å². The molecule has 5 N–H and O–H groups in total. The lowest BCUT2D eigenvalue weighted by Gasteiger charge is -2.19. The zero-order chi connectivity index (χ0) is 20.5. The van der Waals surface area contributed by atoms with E-state index in [1.54, 1.807) is 0 Å². The molecule has 2 rings (SSSR count). The first-order chi connectivity index (χ1) is 12.4. The monoisotopic (exact) mass is 411 g/mol. The van der Waals surface area contributed by atoms with Crippen LogP contribution in [0.5, 0.6) is 0 Å². The third-order valence-corrected chi connectivity index (χ3v) is 5.07. The molecule has 6 atom stereocenters. The number of aliphatic carboxylic acids is 1. The fourth-order valence-corrected chi connectivity index (χ4v) is 3.38. The first kappa shape index (κ1) is 21.4. The highest BCUT2D eigenvalue weighted by atomic mass is 31.2. The number of hydrogen-bond donors (Lipinski definition) is 5. The van der Waals surface area contributed by atoms with Crippen LogP contribution in [0.1, 0.15) is 18.7 Å². The molecule has 0 aromatic carbocycles. The molecule has 1 aromatic rings. The van der Waals surface area contributed by atoms with Gasteiger partial charge >= 0.3 is 19.4 Å². The summed E-state index contributed by atoms with van der Waals surface area (Å²) >= 11 is 0. The molecular weight excluding hydrogens is 392 g/mol.